The van der Waals surface area contributed by atoms with Gasteiger partial charge in [0.2, 0.25) is 0 Å². The third-order valence-electron chi connectivity index (χ3n) is 5.49. The number of aliphatic imine (C=N–C) groups is 1. The first-order valence-corrected chi connectivity index (χ1v) is 10.8. The molecule has 1 aliphatic rings. The van der Waals surface area contributed by atoms with Crippen LogP contribution in [-0.4, -0.2) is 58.4 Å². The number of methoxy groups -OCH3 is 3. The lowest BCUT2D eigenvalue weighted by Crippen LogP contribution is -2.33. The normalized spacial score (nSPS) is 15.4. The molecular weight excluding hydrogens is 392 g/mol. The molecule has 0 amide bonds. The van der Waals surface area contributed by atoms with Gasteiger partial charge in [-0.15, -0.1) is 0 Å². The van der Waals surface area contributed by atoms with Gasteiger partial charge in [0.1, 0.15) is 5.75 Å². The first kappa shape index (κ1) is 22.7. The number of likely N-dealkylation sites (tertiary alicyclic amines) is 1. The SMILES string of the molecule is CCNC(=NCC(c1ccccc1OC)N1CCCC1)Nc1ccc(OC)c(OC)c1. The third kappa shape index (κ3) is 5.82. The Balaban J connectivity index is 1.83. The maximum Gasteiger partial charge on any atom is 0.195 e. The van der Waals surface area contributed by atoms with Gasteiger partial charge in [-0.05, 0) is 51.1 Å². The highest BCUT2D eigenvalue weighted by molar-refractivity contribution is 5.94. The number of guanidine groups is 1. The van der Waals surface area contributed by atoms with E-state index in [1.807, 2.05) is 30.3 Å². The van der Waals surface area contributed by atoms with Crippen molar-refractivity contribution in [2.45, 2.75) is 25.8 Å². The van der Waals surface area contributed by atoms with E-state index in [4.69, 9.17) is 19.2 Å². The average Bonchev–Trinajstić information content (AvgIpc) is 3.34. The number of benzene rings is 2. The van der Waals surface area contributed by atoms with Crippen LogP contribution >= 0.6 is 0 Å². The molecular formula is C24H34N4O3. The zero-order valence-electron chi connectivity index (χ0n) is 19.0. The van der Waals surface area contributed by atoms with Crippen molar-refractivity contribution < 1.29 is 14.2 Å². The van der Waals surface area contributed by atoms with Crippen molar-refractivity contribution in [1.82, 2.24) is 10.2 Å². The average molecular weight is 427 g/mol. The van der Waals surface area contributed by atoms with E-state index in [-0.39, 0.29) is 6.04 Å². The number of para-hydroxylation sites is 1. The number of anilines is 1. The number of nitrogens with one attached hydrogen (secondary N) is 2. The van der Waals surface area contributed by atoms with Gasteiger partial charge in [-0.3, -0.25) is 9.89 Å². The third-order valence-corrected chi connectivity index (χ3v) is 5.49. The molecule has 7 heteroatoms. The van der Waals surface area contributed by atoms with Crippen molar-refractivity contribution in [3.8, 4) is 17.2 Å². The molecule has 2 aromatic rings. The summed E-state index contributed by atoms with van der Waals surface area (Å²) in [7, 11) is 4.99. The minimum Gasteiger partial charge on any atom is -0.496 e. The summed E-state index contributed by atoms with van der Waals surface area (Å²) < 4.78 is 16.4. The minimum absolute atomic E-state index is 0.166. The fourth-order valence-electron chi connectivity index (χ4n) is 3.94. The predicted molar refractivity (Wildman–Crippen MR) is 126 cm³/mol. The fourth-order valence-corrected chi connectivity index (χ4v) is 3.94. The second-order valence-electron chi connectivity index (χ2n) is 7.42. The van der Waals surface area contributed by atoms with Gasteiger partial charge in [0.05, 0.1) is 33.9 Å². The molecule has 3 rings (SSSR count). The molecule has 168 valence electrons. The van der Waals surface area contributed by atoms with E-state index in [9.17, 15) is 0 Å². The Kier molecular flexibility index (Phi) is 8.41. The van der Waals surface area contributed by atoms with E-state index in [0.717, 1.165) is 37.0 Å². The van der Waals surface area contributed by atoms with E-state index in [1.54, 1.807) is 21.3 Å². The highest BCUT2D eigenvalue weighted by Gasteiger charge is 2.25. The second kappa shape index (κ2) is 11.5. The molecule has 1 heterocycles. The van der Waals surface area contributed by atoms with E-state index >= 15 is 0 Å². The Bertz CT molecular complexity index is 866. The maximum absolute atomic E-state index is 5.65. The molecule has 1 fully saturated rings. The molecule has 7 nitrogen and oxygen atoms in total. The molecule has 0 saturated carbocycles. The van der Waals surface area contributed by atoms with E-state index in [0.29, 0.717) is 18.0 Å². The maximum atomic E-state index is 5.65. The van der Waals surface area contributed by atoms with Gasteiger partial charge < -0.3 is 24.8 Å². The molecule has 0 aromatic heterocycles. The smallest absolute Gasteiger partial charge is 0.195 e. The lowest BCUT2D eigenvalue weighted by Gasteiger charge is -2.28. The monoisotopic (exact) mass is 426 g/mol. The molecule has 1 unspecified atom stereocenters. The van der Waals surface area contributed by atoms with Crippen LogP contribution in [0.5, 0.6) is 17.2 Å². The summed E-state index contributed by atoms with van der Waals surface area (Å²) in [6.45, 7) is 5.62. The van der Waals surface area contributed by atoms with E-state index < -0.39 is 0 Å². The van der Waals surface area contributed by atoms with Gasteiger partial charge in [0.25, 0.3) is 0 Å². The van der Waals surface area contributed by atoms with Crippen LogP contribution in [0.3, 0.4) is 0 Å². The molecule has 0 radical (unpaired) electrons. The standard InChI is InChI=1S/C24H34N4O3/c1-5-25-24(27-18-12-13-22(30-3)23(16-18)31-4)26-17-20(28-14-8-9-15-28)19-10-6-7-11-21(19)29-2/h6-7,10-13,16,20H,5,8-9,14-15,17H2,1-4H3,(H2,25,26,27). The number of ether oxygens (including phenoxy) is 3. The van der Waals surface area contributed by atoms with Gasteiger partial charge in [-0.25, -0.2) is 0 Å². The number of nitrogens with zero attached hydrogens (tertiary/aromatic N) is 2. The first-order chi connectivity index (χ1) is 15.2. The zero-order chi connectivity index (χ0) is 22.1. The van der Waals surface area contributed by atoms with Crippen molar-refractivity contribution in [2.24, 2.45) is 4.99 Å². The predicted octanol–water partition coefficient (Wildman–Crippen LogP) is 3.93. The summed E-state index contributed by atoms with van der Waals surface area (Å²) in [5.41, 5.74) is 2.06. The van der Waals surface area contributed by atoms with Gasteiger partial charge in [-0.2, -0.15) is 0 Å². The highest BCUT2D eigenvalue weighted by Crippen LogP contribution is 2.32. The van der Waals surface area contributed by atoms with E-state index in [2.05, 4.69) is 34.6 Å². The van der Waals surface area contributed by atoms with Crippen molar-refractivity contribution in [1.29, 1.82) is 0 Å². The summed E-state index contributed by atoms with van der Waals surface area (Å²) in [4.78, 5) is 7.43. The molecule has 1 atom stereocenters. The number of hydrogen-bond donors (Lipinski definition) is 2. The Morgan fingerprint density at radius 3 is 2.35 bits per heavy atom. The fraction of sp³-hybridized carbons (Fsp3) is 0.458. The van der Waals surface area contributed by atoms with Crippen LogP contribution < -0.4 is 24.8 Å². The lowest BCUT2D eigenvalue weighted by atomic mass is 10.0. The molecule has 2 N–H and O–H groups in total. The quantitative estimate of drug-likeness (QED) is 0.468. The van der Waals surface area contributed by atoms with Crippen molar-refractivity contribution in [3.05, 3.63) is 48.0 Å². The van der Waals surface area contributed by atoms with Gasteiger partial charge in [0.15, 0.2) is 17.5 Å². The Hall–Kier alpha value is -2.93. The Morgan fingerprint density at radius 2 is 1.68 bits per heavy atom. The summed E-state index contributed by atoms with van der Waals surface area (Å²) in [6, 6.07) is 14.1. The lowest BCUT2D eigenvalue weighted by molar-refractivity contribution is 0.245. The summed E-state index contributed by atoms with van der Waals surface area (Å²) in [6.07, 6.45) is 2.44. The molecule has 0 spiro atoms. The largest absolute Gasteiger partial charge is 0.496 e. The zero-order valence-corrected chi connectivity index (χ0v) is 19.0. The van der Waals surface area contributed by atoms with Gasteiger partial charge in [0, 0.05) is 23.9 Å². The van der Waals surface area contributed by atoms with Crippen LogP contribution in [0.25, 0.3) is 0 Å². The van der Waals surface area contributed by atoms with Crippen LogP contribution in [0.15, 0.2) is 47.5 Å². The molecule has 2 aromatic carbocycles. The van der Waals surface area contributed by atoms with Crippen LogP contribution in [0.4, 0.5) is 5.69 Å². The molecule has 1 aliphatic heterocycles. The van der Waals surface area contributed by atoms with Crippen LogP contribution in [0.1, 0.15) is 31.4 Å². The highest BCUT2D eigenvalue weighted by atomic mass is 16.5. The van der Waals surface area contributed by atoms with Crippen molar-refractivity contribution in [3.63, 3.8) is 0 Å². The molecule has 31 heavy (non-hydrogen) atoms. The van der Waals surface area contributed by atoms with Crippen molar-refractivity contribution >= 4 is 11.6 Å². The van der Waals surface area contributed by atoms with Crippen LogP contribution in [0, 0.1) is 0 Å². The minimum atomic E-state index is 0.166. The molecule has 0 bridgehead atoms. The van der Waals surface area contributed by atoms with Crippen LogP contribution in [0.2, 0.25) is 0 Å². The first-order valence-electron chi connectivity index (χ1n) is 10.8. The summed E-state index contributed by atoms with van der Waals surface area (Å²) in [5, 5.41) is 6.73. The Morgan fingerprint density at radius 1 is 0.968 bits per heavy atom. The summed E-state index contributed by atoms with van der Waals surface area (Å²) in [5.74, 6) is 3.01. The molecule has 1 saturated heterocycles. The molecule has 0 aliphatic carbocycles. The van der Waals surface area contributed by atoms with Gasteiger partial charge >= 0.3 is 0 Å². The topological polar surface area (TPSA) is 67.4 Å². The van der Waals surface area contributed by atoms with Gasteiger partial charge in [-0.1, -0.05) is 18.2 Å². The second-order valence-corrected chi connectivity index (χ2v) is 7.42. The number of rotatable bonds is 9. The van der Waals surface area contributed by atoms with E-state index in [1.165, 1.54) is 18.4 Å². The Labute approximate surface area is 185 Å². The van der Waals surface area contributed by atoms with Crippen LogP contribution in [-0.2, 0) is 0 Å². The van der Waals surface area contributed by atoms with Crippen molar-refractivity contribution in [2.75, 3.05) is 52.8 Å². The summed E-state index contributed by atoms with van der Waals surface area (Å²) >= 11 is 0. The number of hydrogen-bond acceptors (Lipinski definition) is 5.